The van der Waals surface area contributed by atoms with Crippen molar-refractivity contribution in [2.45, 2.75) is 6.92 Å². The molecule has 0 aliphatic rings. The van der Waals surface area contributed by atoms with E-state index in [9.17, 15) is 4.79 Å². The minimum absolute atomic E-state index is 0.250. The van der Waals surface area contributed by atoms with Crippen LogP contribution in [0.2, 0.25) is 5.15 Å². The quantitative estimate of drug-likeness (QED) is 0.527. The van der Waals surface area contributed by atoms with Gasteiger partial charge in [-0.3, -0.25) is 4.79 Å². The summed E-state index contributed by atoms with van der Waals surface area (Å²) in [6.45, 7) is 1.87. The van der Waals surface area contributed by atoms with Crippen LogP contribution in [-0.2, 0) is 4.79 Å². The molecule has 0 saturated heterocycles. The standard InChI is InChI=1S/C11H10BrClN2O/c1-2-3-4-5-10(16)15-9-6-8(12)7-14-11(9)13/h2-7H,1H3,(H,15,16). The lowest BCUT2D eigenvalue weighted by molar-refractivity contribution is -0.111. The Balaban J connectivity index is 2.73. The second kappa shape index (κ2) is 6.45. The topological polar surface area (TPSA) is 42.0 Å². The molecule has 0 radical (unpaired) electrons. The average molecular weight is 302 g/mol. The Kier molecular flexibility index (Phi) is 5.22. The van der Waals surface area contributed by atoms with Gasteiger partial charge in [-0.15, -0.1) is 0 Å². The first-order valence-corrected chi connectivity index (χ1v) is 5.72. The monoisotopic (exact) mass is 300 g/mol. The lowest BCUT2D eigenvalue weighted by Crippen LogP contribution is -2.08. The lowest BCUT2D eigenvalue weighted by Gasteiger charge is -2.03. The SMILES string of the molecule is CC=CC=CC(=O)Nc1cc(Br)cnc1Cl. The average Bonchev–Trinajstić information content (AvgIpc) is 2.24. The molecule has 3 nitrogen and oxygen atoms in total. The van der Waals surface area contributed by atoms with Crippen molar-refractivity contribution in [3.63, 3.8) is 0 Å². The van der Waals surface area contributed by atoms with Crippen molar-refractivity contribution in [3.8, 4) is 0 Å². The van der Waals surface area contributed by atoms with Crippen molar-refractivity contribution in [2.24, 2.45) is 0 Å². The summed E-state index contributed by atoms with van der Waals surface area (Å²) >= 11 is 9.07. The largest absolute Gasteiger partial charge is 0.320 e. The number of aromatic nitrogens is 1. The van der Waals surface area contributed by atoms with E-state index in [1.54, 1.807) is 24.4 Å². The number of hydrogen-bond acceptors (Lipinski definition) is 2. The van der Waals surface area contributed by atoms with E-state index in [0.717, 1.165) is 4.47 Å². The first-order chi connectivity index (χ1) is 7.63. The predicted molar refractivity (Wildman–Crippen MR) is 69.5 cm³/mol. The van der Waals surface area contributed by atoms with Crippen LogP contribution in [0.3, 0.4) is 0 Å². The van der Waals surface area contributed by atoms with Gasteiger partial charge < -0.3 is 5.32 Å². The fraction of sp³-hybridized carbons (Fsp3) is 0.0909. The van der Waals surface area contributed by atoms with Crippen LogP contribution in [-0.4, -0.2) is 10.9 Å². The maximum Gasteiger partial charge on any atom is 0.248 e. The molecular formula is C11H10BrClN2O. The van der Waals surface area contributed by atoms with Crippen molar-refractivity contribution < 1.29 is 4.79 Å². The molecule has 0 saturated carbocycles. The van der Waals surface area contributed by atoms with E-state index in [-0.39, 0.29) is 11.1 Å². The zero-order chi connectivity index (χ0) is 12.0. The molecule has 0 fully saturated rings. The molecule has 1 aromatic heterocycles. The third-order valence-electron chi connectivity index (χ3n) is 1.61. The number of amides is 1. The Hall–Kier alpha value is -1.13. The molecule has 1 N–H and O–H groups in total. The Morgan fingerprint density at radius 1 is 1.56 bits per heavy atom. The van der Waals surface area contributed by atoms with Crippen molar-refractivity contribution in [3.05, 3.63) is 46.2 Å². The number of rotatable bonds is 3. The molecule has 0 aliphatic carbocycles. The van der Waals surface area contributed by atoms with Crippen LogP contribution in [0, 0.1) is 0 Å². The van der Waals surface area contributed by atoms with Crippen molar-refractivity contribution in [1.29, 1.82) is 0 Å². The highest BCUT2D eigenvalue weighted by atomic mass is 79.9. The van der Waals surface area contributed by atoms with E-state index in [2.05, 4.69) is 26.2 Å². The van der Waals surface area contributed by atoms with Gasteiger partial charge in [-0.05, 0) is 28.9 Å². The van der Waals surface area contributed by atoms with Crippen LogP contribution in [0.5, 0.6) is 0 Å². The molecule has 0 atom stereocenters. The summed E-state index contributed by atoms with van der Waals surface area (Å²) in [5.41, 5.74) is 0.478. The summed E-state index contributed by atoms with van der Waals surface area (Å²) in [4.78, 5) is 15.3. The Bertz CT molecular complexity index is 444. The maximum absolute atomic E-state index is 11.4. The number of nitrogens with one attached hydrogen (secondary N) is 1. The fourth-order valence-corrected chi connectivity index (χ4v) is 1.42. The van der Waals surface area contributed by atoms with E-state index >= 15 is 0 Å². The van der Waals surface area contributed by atoms with Gasteiger partial charge in [0.25, 0.3) is 0 Å². The summed E-state index contributed by atoms with van der Waals surface area (Å²) in [6.07, 6.45) is 8.22. The first kappa shape index (κ1) is 12.9. The molecule has 0 bridgehead atoms. The minimum Gasteiger partial charge on any atom is -0.320 e. The lowest BCUT2D eigenvalue weighted by atomic mass is 10.4. The highest BCUT2D eigenvalue weighted by Crippen LogP contribution is 2.22. The summed E-state index contributed by atoms with van der Waals surface area (Å²) < 4.78 is 0.754. The van der Waals surface area contributed by atoms with E-state index < -0.39 is 0 Å². The molecule has 1 heterocycles. The molecule has 0 aromatic carbocycles. The van der Waals surface area contributed by atoms with Crippen LogP contribution in [0.25, 0.3) is 0 Å². The van der Waals surface area contributed by atoms with Crippen LogP contribution in [0.15, 0.2) is 41.0 Å². The van der Waals surface area contributed by atoms with Crippen molar-refractivity contribution >= 4 is 39.1 Å². The number of carbonyl (C=O) groups is 1. The smallest absolute Gasteiger partial charge is 0.248 e. The highest BCUT2D eigenvalue weighted by molar-refractivity contribution is 9.10. The molecule has 0 unspecified atom stereocenters. The number of pyridine rings is 1. The number of anilines is 1. The minimum atomic E-state index is -0.250. The fourth-order valence-electron chi connectivity index (χ4n) is 0.939. The van der Waals surface area contributed by atoms with Gasteiger partial charge >= 0.3 is 0 Å². The van der Waals surface area contributed by atoms with E-state index in [4.69, 9.17) is 11.6 Å². The summed E-state index contributed by atoms with van der Waals surface area (Å²) in [6, 6.07) is 1.69. The molecule has 5 heteroatoms. The van der Waals surface area contributed by atoms with Crippen LogP contribution >= 0.6 is 27.5 Å². The Morgan fingerprint density at radius 2 is 2.31 bits per heavy atom. The first-order valence-electron chi connectivity index (χ1n) is 4.55. The van der Waals surface area contributed by atoms with Crippen molar-refractivity contribution in [2.75, 3.05) is 5.32 Å². The van der Waals surface area contributed by atoms with Crippen LogP contribution in [0.1, 0.15) is 6.92 Å². The predicted octanol–water partition coefficient (Wildman–Crippen LogP) is 3.57. The van der Waals surface area contributed by atoms with Gasteiger partial charge in [0.2, 0.25) is 5.91 Å². The number of halogens is 2. The van der Waals surface area contributed by atoms with Gasteiger partial charge in [-0.2, -0.15) is 0 Å². The number of nitrogens with zero attached hydrogens (tertiary/aromatic N) is 1. The van der Waals surface area contributed by atoms with Gasteiger partial charge in [0.05, 0.1) is 5.69 Å². The molecule has 0 aliphatic heterocycles. The Morgan fingerprint density at radius 3 is 3.00 bits per heavy atom. The van der Waals surface area contributed by atoms with Gasteiger partial charge in [0, 0.05) is 16.7 Å². The van der Waals surface area contributed by atoms with Crippen LogP contribution in [0.4, 0.5) is 5.69 Å². The third kappa shape index (κ3) is 4.16. The second-order valence-electron chi connectivity index (χ2n) is 2.87. The molecule has 84 valence electrons. The normalized spacial score (nSPS) is 11.2. The summed E-state index contributed by atoms with van der Waals surface area (Å²) in [7, 11) is 0. The molecule has 16 heavy (non-hydrogen) atoms. The summed E-state index contributed by atoms with van der Waals surface area (Å²) in [5, 5.41) is 2.89. The zero-order valence-electron chi connectivity index (χ0n) is 8.58. The molecular weight excluding hydrogens is 291 g/mol. The molecule has 1 rings (SSSR count). The number of carbonyl (C=O) groups excluding carboxylic acids is 1. The number of allylic oxidation sites excluding steroid dienone is 3. The molecule has 0 spiro atoms. The Labute approximate surface area is 107 Å². The van der Waals surface area contributed by atoms with Gasteiger partial charge in [0.15, 0.2) is 5.15 Å². The van der Waals surface area contributed by atoms with Gasteiger partial charge in [-0.25, -0.2) is 4.98 Å². The highest BCUT2D eigenvalue weighted by Gasteiger charge is 2.04. The maximum atomic E-state index is 11.4. The summed E-state index contributed by atoms with van der Waals surface area (Å²) in [5.74, 6) is -0.250. The van der Waals surface area contributed by atoms with E-state index in [1.165, 1.54) is 6.08 Å². The van der Waals surface area contributed by atoms with Gasteiger partial charge in [0.1, 0.15) is 0 Å². The van der Waals surface area contributed by atoms with E-state index in [1.807, 2.05) is 13.0 Å². The third-order valence-corrected chi connectivity index (χ3v) is 2.35. The van der Waals surface area contributed by atoms with Gasteiger partial charge in [-0.1, -0.05) is 29.8 Å². The van der Waals surface area contributed by atoms with Crippen molar-refractivity contribution in [1.82, 2.24) is 4.98 Å². The molecule has 1 amide bonds. The van der Waals surface area contributed by atoms with E-state index in [0.29, 0.717) is 5.69 Å². The van der Waals surface area contributed by atoms with Crippen LogP contribution < -0.4 is 5.32 Å². The molecule has 1 aromatic rings. The second-order valence-corrected chi connectivity index (χ2v) is 4.14. The zero-order valence-corrected chi connectivity index (χ0v) is 10.9. The number of hydrogen-bond donors (Lipinski definition) is 1.